The van der Waals surface area contributed by atoms with Crippen molar-refractivity contribution in [2.24, 2.45) is 0 Å². The maximum absolute atomic E-state index is 10.8. The van der Waals surface area contributed by atoms with Crippen molar-refractivity contribution in [1.29, 1.82) is 5.26 Å². The van der Waals surface area contributed by atoms with Gasteiger partial charge in [0.2, 0.25) is 0 Å². The summed E-state index contributed by atoms with van der Waals surface area (Å²) in [5.41, 5.74) is 0.964. The molecule has 0 aliphatic heterocycles. The van der Waals surface area contributed by atoms with Gasteiger partial charge in [0.25, 0.3) is 0 Å². The van der Waals surface area contributed by atoms with Crippen molar-refractivity contribution >= 4 is 5.78 Å². The lowest BCUT2D eigenvalue weighted by atomic mass is 10.1. The number of hydrogen-bond donors (Lipinski definition) is 0. The highest BCUT2D eigenvalue weighted by atomic mass is 16.1. The molecule has 0 aliphatic rings. The van der Waals surface area contributed by atoms with Crippen molar-refractivity contribution in [2.75, 3.05) is 0 Å². The molecule has 0 saturated carbocycles. The van der Waals surface area contributed by atoms with Crippen molar-refractivity contribution < 1.29 is 4.79 Å². The van der Waals surface area contributed by atoms with Gasteiger partial charge in [-0.3, -0.25) is 4.79 Å². The van der Waals surface area contributed by atoms with E-state index in [2.05, 4.69) is 0 Å². The van der Waals surface area contributed by atoms with Crippen LogP contribution in [0, 0.1) is 11.3 Å². The molecule has 0 unspecified atom stereocenters. The van der Waals surface area contributed by atoms with Crippen molar-refractivity contribution in [2.45, 2.75) is 20.8 Å². The molecule has 0 spiro atoms. The number of Topliss-reactive ketones (excluding diaryl/α,β-unsaturated/α-hetero) is 1. The van der Waals surface area contributed by atoms with Crippen LogP contribution in [0.4, 0.5) is 0 Å². The zero-order valence-corrected chi connectivity index (χ0v) is 7.01. The quantitative estimate of drug-likeness (QED) is 0.342. The predicted molar refractivity (Wildman–Crippen MR) is 43.8 cm³/mol. The van der Waals surface area contributed by atoms with Crippen molar-refractivity contribution in [3.63, 3.8) is 0 Å². The van der Waals surface area contributed by atoms with Crippen LogP contribution in [-0.4, -0.2) is 5.78 Å². The summed E-state index contributed by atoms with van der Waals surface area (Å²) in [5, 5.41) is 8.53. The van der Waals surface area contributed by atoms with Crippen LogP contribution in [0.5, 0.6) is 0 Å². The first-order chi connectivity index (χ1) is 5.13. The molecule has 11 heavy (non-hydrogen) atoms. The molecule has 0 aromatic rings. The Kier molecular flexibility index (Phi) is 3.90. The molecule has 0 heterocycles. The monoisotopic (exact) mass is 149 g/mol. The van der Waals surface area contributed by atoms with E-state index in [1.54, 1.807) is 19.1 Å². The van der Waals surface area contributed by atoms with Crippen molar-refractivity contribution in [3.05, 3.63) is 23.3 Å². The second kappa shape index (κ2) is 4.45. The zero-order chi connectivity index (χ0) is 8.85. The summed E-state index contributed by atoms with van der Waals surface area (Å²) in [7, 11) is 0. The lowest BCUT2D eigenvalue weighted by Crippen LogP contribution is -1.95. The van der Waals surface area contributed by atoms with Gasteiger partial charge in [-0.15, -0.1) is 0 Å². The largest absolute Gasteiger partial charge is 0.294 e. The van der Waals surface area contributed by atoms with Gasteiger partial charge in [-0.2, -0.15) is 5.26 Å². The highest BCUT2D eigenvalue weighted by Gasteiger charge is 2.03. The smallest absolute Gasteiger partial charge is 0.170 e. The first-order valence-corrected chi connectivity index (χ1v) is 3.38. The summed E-state index contributed by atoms with van der Waals surface area (Å²) in [5.74, 6) is -0.178. The normalized spacial score (nSPS) is 12.5. The highest BCUT2D eigenvalue weighted by Crippen LogP contribution is 2.05. The lowest BCUT2D eigenvalue weighted by Gasteiger charge is -1.93. The molecule has 0 aliphatic carbocycles. The van der Waals surface area contributed by atoms with E-state index in [-0.39, 0.29) is 11.4 Å². The zero-order valence-electron chi connectivity index (χ0n) is 7.01. The Morgan fingerprint density at radius 1 is 1.45 bits per heavy atom. The molecular formula is C9H11NO. The molecule has 0 rings (SSSR count). The van der Waals surface area contributed by atoms with E-state index in [0.717, 1.165) is 5.57 Å². The number of rotatable bonds is 2. The molecule has 0 saturated heterocycles. The molecule has 58 valence electrons. The van der Waals surface area contributed by atoms with Crippen LogP contribution < -0.4 is 0 Å². The number of hydrogen-bond acceptors (Lipinski definition) is 2. The summed E-state index contributed by atoms with van der Waals surface area (Å²) in [6, 6.07) is 1.86. The molecule has 2 nitrogen and oxygen atoms in total. The summed E-state index contributed by atoms with van der Waals surface area (Å²) in [4.78, 5) is 10.8. The molecule has 0 aromatic carbocycles. The first kappa shape index (κ1) is 9.64. The maximum atomic E-state index is 10.8. The highest BCUT2D eigenvalue weighted by molar-refractivity contribution is 5.98. The summed E-state index contributed by atoms with van der Waals surface area (Å²) in [6.07, 6.45) is 3.55. The van der Waals surface area contributed by atoms with Crippen LogP contribution in [0.3, 0.4) is 0 Å². The van der Waals surface area contributed by atoms with Crippen LogP contribution in [0.2, 0.25) is 0 Å². The molecule has 0 aromatic heterocycles. The van der Waals surface area contributed by atoms with Crippen LogP contribution in [0.25, 0.3) is 0 Å². The van der Waals surface area contributed by atoms with E-state index >= 15 is 0 Å². The number of ketones is 1. The van der Waals surface area contributed by atoms with Crippen molar-refractivity contribution in [1.82, 2.24) is 0 Å². The topological polar surface area (TPSA) is 40.9 Å². The number of nitrogens with zero attached hydrogens (tertiary/aromatic N) is 1. The SMILES string of the molecule is C/C=C/C(C)=C(/C#N)C(C)=O. The Balaban J connectivity index is 4.87. The number of carbonyl (C=O) groups excluding carboxylic acids is 1. The van der Waals surface area contributed by atoms with E-state index < -0.39 is 0 Å². The summed E-state index contributed by atoms with van der Waals surface area (Å²) < 4.78 is 0. The Morgan fingerprint density at radius 2 is 2.00 bits per heavy atom. The second-order valence-corrected chi connectivity index (χ2v) is 2.23. The molecule has 2 heteroatoms. The van der Waals surface area contributed by atoms with Gasteiger partial charge in [0.15, 0.2) is 5.78 Å². The molecule has 0 fully saturated rings. The third kappa shape index (κ3) is 2.81. The Bertz CT molecular complexity index is 253. The predicted octanol–water partition coefficient (Wildman–Crippen LogP) is 1.99. The van der Waals surface area contributed by atoms with E-state index in [9.17, 15) is 4.79 Å². The number of carbonyl (C=O) groups is 1. The first-order valence-electron chi connectivity index (χ1n) is 3.38. The van der Waals surface area contributed by atoms with Crippen LogP contribution in [0.1, 0.15) is 20.8 Å². The van der Waals surface area contributed by atoms with Gasteiger partial charge < -0.3 is 0 Å². The van der Waals surface area contributed by atoms with Crippen LogP contribution in [-0.2, 0) is 4.79 Å². The Morgan fingerprint density at radius 3 is 2.27 bits per heavy atom. The van der Waals surface area contributed by atoms with Crippen LogP contribution in [0.15, 0.2) is 23.3 Å². The second-order valence-electron chi connectivity index (χ2n) is 2.23. The van der Waals surface area contributed by atoms with Crippen LogP contribution >= 0.6 is 0 Å². The average molecular weight is 149 g/mol. The molecular weight excluding hydrogens is 138 g/mol. The summed E-state index contributed by atoms with van der Waals surface area (Å²) >= 11 is 0. The fourth-order valence-electron chi connectivity index (χ4n) is 0.778. The minimum atomic E-state index is -0.178. The van der Waals surface area contributed by atoms with Crippen molar-refractivity contribution in [3.8, 4) is 6.07 Å². The molecule has 0 radical (unpaired) electrons. The van der Waals surface area contributed by atoms with Gasteiger partial charge >= 0.3 is 0 Å². The average Bonchev–Trinajstić information content (AvgIpc) is 1.88. The van der Waals surface area contributed by atoms with E-state index in [4.69, 9.17) is 5.26 Å². The third-order valence-electron chi connectivity index (χ3n) is 1.27. The van der Waals surface area contributed by atoms with E-state index in [1.165, 1.54) is 6.92 Å². The fraction of sp³-hybridized carbons (Fsp3) is 0.333. The standard InChI is InChI=1S/C9H11NO/c1-4-5-7(2)9(6-10)8(3)11/h4-5H,1-3H3/b5-4+,9-7-. The third-order valence-corrected chi connectivity index (χ3v) is 1.27. The minimum Gasteiger partial charge on any atom is -0.294 e. The Labute approximate surface area is 66.8 Å². The molecule has 0 N–H and O–H groups in total. The fourth-order valence-corrected chi connectivity index (χ4v) is 0.778. The van der Waals surface area contributed by atoms with E-state index in [0.29, 0.717) is 0 Å². The maximum Gasteiger partial charge on any atom is 0.170 e. The van der Waals surface area contributed by atoms with Gasteiger partial charge in [-0.25, -0.2) is 0 Å². The van der Waals surface area contributed by atoms with E-state index in [1.807, 2.05) is 13.0 Å². The van der Waals surface area contributed by atoms with Gasteiger partial charge in [0.1, 0.15) is 6.07 Å². The van der Waals surface area contributed by atoms with Gasteiger partial charge in [-0.1, -0.05) is 12.2 Å². The molecule has 0 atom stereocenters. The van der Waals surface area contributed by atoms with Gasteiger partial charge in [0.05, 0.1) is 5.57 Å². The number of allylic oxidation sites excluding steroid dienone is 4. The van der Waals surface area contributed by atoms with Gasteiger partial charge in [0, 0.05) is 0 Å². The Hall–Kier alpha value is -1.36. The number of nitriles is 1. The van der Waals surface area contributed by atoms with Gasteiger partial charge in [-0.05, 0) is 26.3 Å². The summed E-state index contributed by atoms with van der Waals surface area (Å²) in [6.45, 7) is 4.99. The molecule has 0 bridgehead atoms. The minimum absolute atomic E-state index is 0.178. The molecule has 0 amide bonds. The lowest BCUT2D eigenvalue weighted by molar-refractivity contribution is -0.113.